The standard InChI is InChI=1S/C66H81N7O14/c1-44-28-50-38-69-55-36-59(57(80-3)33-53(55)65(78)72(50)40-44)86-42-47-30-46(31-48(32-47)43-87-60-37-56-54(34-58(60)81-4)66(79)73-41-45(2)29-51(73)39-70-56)12-11-17-67-62(75)16-20-82-22-24-84-26-27-85-25-23-83-21-18-68-61(74)15-19-71-63(76)35-52(64(71)77)49-13-9-7-5-6-8-10-14-49/h30-34,36-41,49-52H,5-10,13-29,35,42-43H2,1-4H3,(H,67,75)(H,68,74)/t50-,51-,52?/m0/s1. The van der Waals surface area contributed by atoms with Gasteiger partial charge in [-0.15, -0.1) is 0 Å². The summed E-state index contributed by atoms with van der Waals surface area (Å²) in [6, 6.07) is 12.1. The van der Waals surface area contributed by atoms with Gasteiger partial charge in [-0.2, -0.15) is 0 Å². The molecular weight excluding hydrogens is 1110 g/mol. The van der Waals surface area contributed by atoms with Crippen LogP contribution in [0.15, 0.2) is 76.0 Å². The molecule has 0 radical (unpaired) electrons. The van der Waals surface area contributed by atoms with Crippen LogP contribution >= 0.6 is 0 Å². The van der Waals surface area contributed by atoms with E-state index in [2.05, 4.69) is 32.5 Å². The van der Waals surface area contributed by atoms with E-state index in [4.69, 9.17) is 37.9 Å². The van der Waals surface area contributed by atoms with Crippen molar-refractivity contribution in [2.45, 2.75) is 123 Å². The summed E-state index contributed by atoms with van der Waals surface area (Å²) in [4.78, 5) is 92.4. The van der Waals surface area contributed by atoms with Gasteiger partial charge in [0.05, 0.1) is 114 Å². The quantitative estimate of drug-likeness (QED) is 0.0397. The summed E-state index contributed by atoms with van der Waals surface area (Å²) in [6.45, 7) is 7.19. The Labute approximate surface area is 509 Å². The first kappa shape index (κ1) is 63.6. The first-order valence-electron chi connectivity index (χ1n) is 30.4. The van der Waals surface area contributed by atoms with Crippen LogP contribution in [-0.4, -0.2) is 161 Å². The van der Waals surface area contributed by atoms with Crippen LogP contribution in [0.3, 0.4) is 0 Å². The summed E-state index contributed by atoms with van der Waals surface area (Å²) in [5.74, 6) is 6.72. The number of fused-ring (bicyclic) bond motifs is 4. The fraction of sp³-hybridized carbons (Fsp3) is 0.515. The zero-order valence-corrected chi connectivity index (χ0v) is 50.5. The Hall–Kier alpha value is -7.90. The summed E-state index contributed by atoms with van der Waals surface area (Å²) in [7, 11) is 3.04. The number of nitrogens with one attached hydrogen (secondary N) is 2. The molecular formula is C66H81N7O14. The van der Waals surface area contributed by atoms with Gasteiger partial charge in [-0.05, 0) is 86.9 Å². The van der Waals surface area contributed by atoms with Crippen molar-refractivity contribution in [3.05, 3.63) is 93.8 Å². The number of aliphatic imine (C=N–C) groups is 2. The summed E-state index contributed by atoms with van der Waals surface area (Å²) < 4.78 is 46.6. The number of ether oxygens (including phenoxy) is 8. The molecule has 1 saturated heterocycles. The zero-order valence-electron chi connectivity index (χ0n) is 50.5. The Morgan fingerprint density at radius 2 is 1.09 bits per heavy atom. The number of methoxy groups -OCH3 is 2. The Morgan fingerprint density at radius 3 is 1.63 bits per heavy atom. The van der Waals surface area contributed by atoms with Crippen LogP contribution < -0.4 is 29.6 Å². The van der Waals surface area contributed by atoms with E-state index in [1.54, 1.807) is 46.5 Å². The fourth-order valence-corrected chi connectivity index (χ4v) is 11.7. The Morgan fingerprint density at radius 1 is 0.586 bits per heavy atom. The summed E-state index contributed by atoms with van der Waals surface area (Å²) in [5.41, 5.74) is 6.11. The number of likely N-dealkylation sites (tertiary alicyclic amines) is 1. The molecule has 3 aromatic rings. The molecule has 3 atom stereocenters. The summed E-state index contributed by atoms with van der Waals surface area (Å²) in [6.07, 6.45) is 18.3. The number of carbonyl (C=O) groups excluding carboxylic acids is 6. The van der Waals surface area contributed by atoms with Crippen molar-refractivity contribution in [2.75, 3.05) is 86.7 Å². The van der Waals surface area contributed by atoms with Crippen LogP contribution in [0, 0.1) is 23.7 Å². The molecule has 1 unspecified atom stereocenters. The summed E-state index contributed by atoms with van der Waals surface area (Å²) >= 11 is 0. The van der Waals surface area contributed by atoms with Gasteiger partial charge in [-0.3, -0.25) is 43.7 Å². The lowest BCUT2D eigenvalue weighted by Crippen LogP contribution is -2.36. The highest BCUT2D eigenvalue weighted by Gasteiger charge is 2.42. The average molecular weight is 1200 g/mol. The lowest BCUT2D eigenvalue weighted by Gasteiger charge is -2.22. The number of hydrogen-bond acceptors (Lipinski definition) is 16. The predicted molar refractivity (Wildman–Crippen MR) is 325 cm³/mol. The maximum absolute atomic E-state index is 13.6. The van der Waals surface area contributed by atoms with Crippen LogP contribution in [0.2, 0.25) is 0 Å². The molecule has 1 saturated carbocycles. The minimum Gasteiger partial charge on any atom is -0.493 e. The van der Waals surface area contributed by atoms with Gasteiger partial charge in [0.2, 0.25) is 23.6 Å². The van der Waals surface area contributed by atoms with E-state index in [1.807, 2.05) is 44.4 Å². The SMILES string of the molecule is COc1cc2c(cc1OCc1cc(C#CCNC(=O)CCOCCOCCOCCOCCNC(=O)CCN3C(=O)CC(C4CCCCCCCC4)C3=O)cc(COc3cc4c(cc3OC)C(=O)N3C=C(C)C[C@H]3C=N4)c1)N=C[C@@H]1CC(C)=CN1C2=O. The fourth-order valence-electron chi connectivity index (χ4n) is 11.7. The molecule has 0 spiro atoms. The number of rotatable bonds is 28. The van der Waals surface area contributed by atoms with Crippen LogP contribution in [0.25, 0.3) is 0 Å². The Balaban J connectivity index is 0.677. The van der Waals surface area contributed by atoms with Gasteiger partial charge in [-0.25, -0.2) is 0 Å². The second-order valence-corrected chi connectivity index (χ2v) is 22.7. The van der Waals surface area contributed by atoms with E-state index in [9.17, 15) is 28.8 Å². The second kappa shape index (κ2) is 31.7. The first-order chi connectivity index (χ1) is 42.3. The number of hydrogen-bond donors (Lipinski definition) is 2. The molecule has 3 aromatic carbocycles. The molecule has 5 heterocycles. The van der Waals surface area contributed by atoms with Gasteiger partial charge < -0.3 is 58.3 Å². The highest BCUT2D eigenvalue weighted by atomic mass is 16.6. The third-order valence-electron chi connectivity index (χ3n) is 16.2. The van der Waals surface area contributed by atoms with Crippen molar-refractivity contribution >= 4 is 59.2 Å². The summed E-state index contributed by atoms with van der Waals surface area (Å²) in [5, 5.41) is 5.62. The first-order valence-corrected chi connectivity index (χ1v) is 30.4. The van der Waals surface area contributed by atoms with E-state index in [0.717, 1.165) is 48.0 Å². The van der Waals surface area contributed by atoms with Gasteiger partial charge in [-0.1, -0.05) is 61.5 Å². The second-order valence-electron chi connectivity index (χ2n) is 22.7. The van der Waals surface area contributed by atoms with Gasteiger partial charge >= 0.3 is 0 Å². The Kier molecular flexibility index (Phi) is 23.1. The van der Waals surface area contributed by atoms with Crippen LogP contribution in [0.4, 0.5) is 11.4 Å². The van der Waals surface area contributed by atoms with Gasteiger partial charge in [0.15, 0.2) is 23.0 Å². The van der Waals surface area contributed by atoms with Gasteiger partial charge in [0, 0.05) is 74.9 Å². The van der Waals surface area contributed by atoms with Crippen LogP contribution in [0.1, 0.15) is 135 Å². The molecule has 6 amide bonds. The minimum absolute atomic E-state index is 0.0700. The van der Waals surface area contributed by atoms with Crippen molar-refractivity contribution < 1.29 is 66.7 Å². The number of benzene rings is 3. The smallest absolute Gasteiger partial charge is 0.260 e. The third kappa shape index (κ3) is 17.4. The average Bonchev–Trinajstić information content (AvgIpc) is 2.44. The van der Waals surface area contributed by atoms with E-state index in [-0.39, 0.29) is 112 Å². The zero-order chi connectivity index (χ0) is 61.1. The van der Waals surface area contributed by atoms with Gasteiger partial charge in [0.25, 0.3) is 11.8 Å². The monoisotopic (exact) mass is 1200 g/mol. The molecule has 0 bridgehead atoms. The lowest BCUT2D eigenvalue weighted by atomic mass is 9.83. The van der Waals surface area contributed by atoms with E-state index < -0.39 is 0 Å². The van der Waals surface area contributed by atoms with Crippen LogP contribution in [0.5, 0.6) is 23.0 Å². The lowest BCUT2D eigenvalue weighted by molar-refractivity contribution is -0.140. The highest BCUT2D eigenvalue weighted by Crippen LogP contribution is 2.41. The molecule has 2 fully saturated rings. The predicted octanol–water partition coefficient (Wildman–Crippen LogP) is 8.09. The minimum atomic E-state index is -0.244. The van der Waals surface area contributed by atoms with Crippen molar-refractivity contribution in [2.24, 2.45) is 21.8 Å². The number of amides is 6. The van der Waals surface area contributed by atoms with Crippen molar-refractivity contribution in [3.8, 4) is 34.8 Å². The number of imide groups is 1. The van der Waals surface area contributed by atoms with Crippen molar-refractivity contribution in [1.29, 1.82) is 0 Å². The molecule has 6 aliphatic rings. The molecule has 9 rings (SSSR count). The maximum atomic E-state index is 13.6. The molecule has 0 aromatic heterocycles. The van der Waals surface area contributed by atoms with E-state index in [0.29, 0.717) is 117 Å². The van der Waals surface area contributed by atoms with E-state index >= 15 is 0 Å². The molecule has 2 N–H and O–H groups in total. The van der Waals surface area contributed by atoms with E-state index in [1.165, 1.54) is 44.8 Å². The Bertz CT molecular complexity index is 3040. The third-order valence-corrected chi connectivity index (χ3v) is 16.2. The molecule has 21 nitrogen and oxygen atoms in total. The maximum Gasteiger partial charge on any atom is 0.260 e. The molecule has 5 aliphatic heterocycles. The number of nitrogens with zero attached hydrogens (tertiary/aromatic N) is 5. The molecule has 21 heteroatoms. The van der Waals surface area contributed by atoms with Gasteiger partial charge in [0.1, 0.15) is 13.2 Å². The normalized spacial score (nSPS) is 19.1. The largest absolute Gasteiger partial charge is 0.493 e. The molecule has 87 heavy (non-hydrogen) atoms. The molecule has 464 valence electrons. The number of carbonyl (C=O) groups is 6. The molecule has 1 aliphatic carbocycles. The van der Waals surface area contributed by atoms with Crippen molar-refractivity contribution in [1.82, 2.24) is 25.3 Å². The van der Waals surface area contributed by atoms with Crippen molar-refractivity contribution in [3.63, 3.8) is 0 Å². The van der Waals surface area contributed by atoms with Crippen LogP contribution in [-0.2, 0) is 51.3 Å². The highest BCUT2D eigenvalue weighted by molar-refractivity contribution is 6.06. The topological polar surface area (TPSA) is 235 Å².